The third-order valence-electron chi connectivity index (χ3n) is 1.52. The van der Waals surface area contributed by atoms with Crippen LogP contribution in [0.25, 0.3) is 0 Å². The first-order valence-corrected chi connectivity index (χ1v) is 3.59. The van der Waals surface area contributed by atoms with E-state index in [1.165, 1.54) is 12.3 Å². The monoisotopic (exact) mass is 167 g/mol. The molecule has 1 rings (SSSR count). The average molecular weight is 167 g/mol. The van der Waals surface area contributed by atoms with Crippen LogP contribution in [0.1, 0.15) is 11.1 Å². The first kappa shape index (κ1) is 8.87. The molecule has 0 saturated heterocycles. The Hall–Kier alpha value is -1.22. The van der Waals surface area contributed by atoms with Crippen molar-refractivity contribution in [3.8, 4) is 0 Å². The van der Waals surface area contributed by atoms with Gasteiger partial charge >= 0.3 is 0 Å². The zero-order valence-electron chi connectivity index (χ0n) is 6.79. The molecule has 1 N–H and O–H groups in total. The van der Waals surface area contributed by atoms with Gasteiger partial charge in [-0.15, -0.1) is 0 Å². The fraction of sp³-hybridized carbons (Fsp3) is 0.222. The highest BCUT2D eigenvalue weighted by atomic mass is 19.1. The SMILES string of the molecule is CN=Cc1ccc(CO)cc1F. The van der Waals surface area contributed by atoms with Crippen molar-refractivity contribution in [2.75, 3.05) is 7.05 Å². The van der Waals surface area contributed by atoms with Crippen LogP contribution in [0.4, 0.5) is 4.39 Å². The first-order chi connectivity index (χ1) is 5.77. The summed E-state index contributed by atoms with van der Waals surface area (Å²) in [5, 5.41) is 8.68. The second kappa shape index (κ2) is 3.97. The molecule has 0 radical (unpaired) electrons. The van der Waals surface area contributed by atoms with Crippen LogP contribution in [-0.2, 0) is 6.61 Å². The van der Waals surface area contributed by atoms with Gasteiger partial charge in [-0.05, 0) is 11.6 Å². The second-order valence-electron chi connectivity index (χ2n) is 2.40. The molecule has 0 spiro atoms. The largest absolute Gasteiger partial charge is 0.392 e. The molecule has 3 heteroatoms. The van der Waals surface area contributed by atoms with E-state index in [-0.39, 0.29) is 12.4 Å². The summed E-state index contributed by atoms with van der Waals surface area (Å²) >= 11 is 0. The normalized spacial score (nSPS) is 10.9. The molecule has 0 bridgehead atoms. The highest BCUT2D eigenvalue weighted by Crippen LogP contribution is 2.08. The third-order valence-corrected chi connectivity index (χ3v) is 1.52. The molecule has 0 unspecified atom stereocenters. The maximum Gasteiger partial charge on any atom is 0.132 e. The van der Waals surface area contributed by atoms with E-state index in [4.69, 9.17) is 5.11 Å². The topological polar surface area (TPSA) is 32.6 Å². The summed E-state index contributed by atoms with van der Waals surface area (Å²) < 4.78 is 13.0. The molecule has 0 atom stereocenters. The van der Waals surface area contributed by atoms with E-state index in [0.29, 0.717) is 11.1 Å². The Balaban J connectivity index is 3.03. The standard InChI is InChI=1S/C9H10FNO/c1-11-5-8-3-2-7(6-12)4-9(8)10/h2-5,12H,6H2,1H3. The molecule has 0 heterocycles. The molecule has 0 amide bonds. The Bertz CT molecular complexity index is 297. The van der Waals surface area contributed by atoms with Crippen LogP contribution in [0.5, 0.6) is 0 Å². The van der Waals surface area contributed by atoms with Gasteiger partial charge < -0.3 is 5.11 Å². The minimum atomic E-state index is -0.354. The zero-order valence-corrected chi connectivity index (χ0v) is 6.79. The lowest BCUT2D eigenvalue weighted by atomic mass is 10.1. The van der Waals surface area contributed by atoms with Crippen molar-refractivity contribution in [1.82, 2.24) is 0 Å². The Morgan fingerprint density at radius 3 is 2.83 bits per heavy atom. The van der Waals surface area contributed by atoms with E-state index in [0.717, 1.165) is 0 Å². The van der Waals surface area contributed by atoms with E-state index in [1.807, 2.05) is 0 Å². The zero-order chi connectivity index (χ0) is 8.97. The highest BCUT2D eigenvalue weighted by Gasteiger charge is 1.99. The molecule has 0 aliphatic carbocycles. The van der Waals surface area contributed by atoms with Crippen molar-refractivity contribution in [3.05, 3.63) is 35.1 Å². The number of aliphatic hydroxyl groups excluding tert-OH is 1. The maximum absolute atomic E-state index is 13.0. The molecule has 1 aromatic carbocycles. The number of benzene rings is 1. The van der Waals surface area contributed by atoms with Crippen LogP contribution in [0, 0.1) is 5.82 Å². The number of hydrogen-bond acceptors (Lipinski definition) is 2. The van der Waals surface area contributed by atoms with Crippen molar-refractivity contribution in [2.45, 2.75) is 6.61 Å². The van der Waals surface area contributed by atoms with Gasteiger partial charge in [0.25, 0.3) is 0 Å². The quantitative estimate of drug-likeness (QED) is 0.663. The second-order valence-corrected chi connectivity index (χ2v) is 2.40. The van der Waals surface area contributed by atoms with Crippen LogP contribution in [0.3, 0.4) is 0 Å². The van der Waals surface area contributed by atoms with Gasteiger partial charge in [-0.1, -0.05) is 12.1 Å². The Morgan fingerprint density at radius 2 is 2.33 bits per heavy atom. The van der Waals surface area contributed by atoms with Gasteiger partial charge in [0, 0.05) is 18.8 Å². The third kappa shape index (κ3) is 1.89. The fourth-order valence-electron chi connectivity index (χ4n) is 0.913. The number of aliphatic imine (C=N–C) groups is 1. The summed E-state index contributed by atoms with van der Waals surface area (Å²) in [4.78, 5) is 3.69. The molecule has 0 saturated carbocycles. The summed E-state index contributed by atoms with van der Waals surface area (Å²) in [6.45, 7) is -0.138. The summed E-state index contributed by atoms with van der Waals surface area (Å²) in [6, 6.07) is 4.56. The van der Waals surface area contributed by atoms with Crippen molar-refractivity contribution in [3.63, 3.8) is 0 Å². The first-order valence-electron chi connectivity index (χ1n) is 3.59. The van der Waals surface area contributed by atoms with Gasteiger partial charge in [0.05, 0.1) is 6.61 Å². The van der Waals surface area contributed by atoms with E-state index < -0.39 is 0 Å². The van der Waals surface area contributed by atoms with Gasteiger partial charge in [-0.2, -0.15) is 0 Å². The lowest BCUT2D eigenvalue weighted by molar-refractivity contribution is 0.281. The van der Waals surface area contributed by atoms with E-state index in [2.05, 4.69) is 4.99 Å². The Labute approximate surface area is 70.4 Å². The predicted molar refractivity (Wildman–Crippen MR) is 45.8 cm³/mol. The Kier molecular flexibility index (Phi) is 2.94. The number of hydrogen-bond donors (Lipinski definition) is 1. The van der Waals surface area contributed by atoms with Crippen molar-refractivity contribution < 1.29 is 9.50 Å². The van der Waals surface area contributed by atoms with Crippen molar-refractivity contribution in [1.29, 1.82) is 0 Å². The maximum atomic E-state index is 13.0. The number of rotatable bonds is 2. The molecule has 0 aromatic heterocycles. The van der Waals surface area contributed by atoms with Crippen LogP contribution < -0.4 is 0 Å². The number of halogens is 1. The minimum absolute atomic E-state index is 0.138. The minimum Gasteiger partial charge on any atom is -0.392 e. The fourth-order valence-corrected chi connectivity index (χ4v) is 0.913. The number of aliphatic hydroxyl groups is 1. The molecule has 1 aromatic rings. The molecule has 0 fully saturated rings. The summed E-state index contributed by atoms with van der Waals surface area (Å²) in [7, 11) is 1.58. The predicted octanol–water partition coefficient (Wildman–Crippen LogP) is 1.37. The molecule has 0 aliphatic heterocycles. The number of nitrogens with zero attached hydrogens (tertiary/aromatic N) is 1. The molecular formula is C9H10FNO. The summed E-state index contributed by atoms with van der Waals surface area (Å²) in [5.74, 6) is -0.354. The molecule has 2 nitrogen and oxygen atoms in total. The van der Waals surface area contributed by atoms with Gasteiger partial charge in [0.1, 0.15) is 5.82 Å². The van der Waals surface area contributed by atoms with Crippen LogP contribution in [-0.4, -0.2) is 18.4 Å². The molecule has 64 valence electrons. The summed E-state index contributed by atoms with van der Waals surface area (Å²) in [6.07, 6.45) is 1.44. The lowest BCUT2D eigenvalue weighted by Gasteiger charge is -1.98. The molecular weight excluding hydrogens is 157 g/mol. The Morgan fingerprint density at radius 1 is 1.58 bits per heavy atom. The van der Waals surface area contributed by atoms with Crippen LogP contribution in [0.15, 0.2) is 23.2 Å². The summed E-state index contributed by atoms with van der Waals surface area (Å²) in [5.41, 5.74) is 1.01. The smallest absolute Gasteiger partial charge is 0.132 e. The average Bonchev–Trinajstić information content (AvgIpc) is 2.09. The van der Waals surface area contributed by atoms with Gasteiger partial charge in [0.2, 0.25) is 0 Å². The van der Waals surface area contributed by atoms with Gasteiger partial charge in [-0.3, -0.25) is 4.99 Å². The molecule has 12 heavy (non-hydrogen) atoms. The van der Waals surface area contributed by atoms with E-state index in [9.17, 15) is 4.39 Å². The molecule has 0 aliphatic rings. The van der Waals surface area contributed by atoms with E-state index >= 15 is 0 Å². The van der Waals surface area contributed by atoms with Crippen molar-refractivity contribution >= 4 is 6.21 Å². The van der Waals surface area contributed by atoms with E-state index in [1.54, 1.807) is 19.2 Å². The van der Waals surface area contributed by atoms with Crippen molar-refractivity contribution in [2.24, 2.45) is 4.99 Å². The van der Waals surface area contributed by atoms with Gasteiger partial charge in [-0.25, -0.2) is 4.39 Å². The van der Waals surface area contributed by atoms with Crippen LogP contribution in [0.2, 0.25) is 0 Å². The highest BCUT2D eigenvalue weighted by molar-refractivity contribution is 5.79. The van der Waals surface area contributed by atoms with Gasteiger partial charge in [0.15, 0.2) is 0 Å². The van der Waals surface area contributed by atoms with Crippen LogP contribution >= 0.6 is 0 Å². The lowest BCUT2D eigenvalue weighted by Crippen LogP contribution is -1.91.